The predicted molar refractivity (Wildman–Crippen MR) is 124 cm³/mol. The van der Waals surface area contributed by atoms with E-state index in [0.29, 0.717) is 27.2 Å². The summed E-state index contributed by atoms with van der Waals surface area (Å²) in [5.41, 5.74) is 3.20. The van der Waals surface area contributed by atoms with E-state index in [2.05, 4.69) is 0 Å². The van der Waals surface area contributed by atoms with Crippen LogP contribution < -0.4 is 0 Å². The number of thioether (sulfide) groups is 1. The van der Waals surface area contributed by atoms with Crippen LogP contribution >= 0.6 is 24.0 Å². The number of para-hydroxylation sites is 2. The Morgan fingerprint density at radius 3 is 2.63 bits per heavy atom. The lowest BCUT2D eigenvalue weighted by atomic mass is 10.1. The quantitative estimate of drug-likeness (QED) is 0.315. The van der Waals surface area contributed by atoms with Crippen LogP contribution in [0.25, 0.3) is 34.2 Å². The lowest BCUT2D eigenvalue weighted by molar-refractivity contribution is -0.121. The highest BCUT2D eigenvalue weighted by atomic mass is 32.2. The van der Waals surface area contributed by atoms with Gasteiger partial charge in [0.25, 0.3) is 5.91 Å². The molecule has 5 rings (SSSR count). The summed E-state index contributed by atoms with van der Waals surface area (Å²) in [4.78, 5) is 14.9. The van der Waals surface area contributed by atoms with Gasteiger partial charge in [-0.15, -0.1) is 0 Å². The molecule has 2 aromatic heterocycles. The van der Waals surface area contributed by atoms with Gasteiger partial charge in [-0.2, -0.15) is 5.10 Å². The van der Waals surface area contributed by atoms with Crippen LogP contribution in [-0.4, -0.2) is 31.5 Å². The molecule has 2 aromatic carbocycles. The maximum atomic E-state index is 12.7. The molecular formula is C23H17N3O2S2. The molecule has 1 fully saturated rings. The zero-order valence-corrected chi connectivity index (χ0v) is 17.7. The third-order valence-electron chi connectivity index (χ3n) is 4.90. The number of furan rings is 1. The van der Waals surface area contributed by atoms with Gasteiger partial charge in [-0.05, 0) is 37.3 Å². The second kappa shape index (κ2) is 7.59. The second-order valence-electron chi connectivity index (χ2n) is 6.79. The number of benzene rings is 2. The Hall–Kier alpha value is -3.16. The van der Waals surface area contributed by atoms with Gasteiger partial charge in [-0.1, -0.05) is 60.4 Å². The summed E-state index contributed by atoms with van der Waals surface area (Å²) in [7, 11) is 0. The lowest BCUT2D eigenvalue weighted by Gasteiger charge is -2.09. The first-order valence-electron chi connectivity index (χ1n) is 9.53. The van der Waals surface area contributed by atoms with Crippen LogP contribution in [0.15, 0.2) is 76.2 Å². The average molecular weight is 432 g/mol. The Bertz CT molecular complexity index is 1270. The largest absolute Gasteiger partial charge is 0.454 e. The molecule has 3 heterocycles. The number of amides is 1. The predicted octanol–water partition coefficient (Wildman–Crippen LogP) is 5.51. The topological polar surface area (TPSA) is 51.3 Å². The van der Waals surface area contributed by atoms with Gasteiger partial charge < -0.3 is 4.42 Å². The van der Waals surface area contributed by atoms with Crippen LogP contribution in [-0.2, 0) is 4.79 Å². The maximum Gasteiger partial charge on any atom is 0.266 e. The third kappa shape index (κ3) is 3.26. The van der Waals surface area contributed by atoms with Crippen LogP contribution in [0.4, 0.5) is 0 Å². The minimum atomic E-state index is -0.0736. The Morgan fingerprint density at radius 2 is 1.90 bits per heavy atom. The molecule has 1 saturated heterocycles. The first-order chi connectivity index (χ1) is 14.6. The SMILES string of the molecule is CCN1C(=O)/C(=C/c2cn(-c3ccccc3)nc2-c2cc3ccccc3o2)SC1=S. The molecule has 7 heteroatoms. The van der Waals surface area contributed by atoms with Gasteiger partial charge in [-0.3, -0.25) is 9.69 Å². The molecule has 1 amide bonds. The van der Waals surface area contributed by atoms with Gasteiger partial charge >= 0.3 is 0 Å². The number of aromatic nitrogens is 2. The number of hydrogen-bond donors (Lipinski definition) is 0. The zero-order chi connectivity index (χ0) is 20.7. The van der Waals surface area contributed by atoms with Gasteiger partial charge in [-0.25, -0.2) is 4.68 Å². The van der Waals surface area contributed by atoms with E-state index in [4.69, 9.17) is 21.7 Å². The van der Waals surface area contributed by atoms with Gasteiger partial charge in [0.2, 0.25) is 0 Å². The first-order valence-corrected chi connectivity index (χ1v) is 10.8. The Kier molecular flexibility index (Phi) is 4.77. The van der Waals surface area contributed by atoms with Crippen molar-refractivity contribution >= 4 is 51.3 Å². The van der Waals surface area contributed by atoms with E-state index in [-0.39, 0.29) is 5.91 Å². The molecule has 30 heavy (non-hydrogen) atoms. The summed E-state index contributed by atoms with van der Waals surface area (Å²) in [6.07, 6.45) is 3.76. The minimum Gasteiger partial charge on any atom is -0.454 e. The molecule has 4 aromatic rings. The van der Waals surface area contributed by atoms with Crippen molar-refractivity contribution in [3.05, 3.63) is 77.3 Å². The molecule has 0 aliphatic carbocycles. The van der Waals surface area contributed by atoms with Crippen molar-refractivity contribution in [3.63, 3.8) is 0 Å². The monoisotopic (exact) mass is 431 g/mol. The van der Waals surface area contributed by atoms with Crippen molar-refractivity contribution in [2.45, 2.75) is 6.92 Å². The number of likely N-dealkylation sites (N-methyl/N-ethyl adjacent to an activating group) is 1. The minimum absolute atomic E-state index is 0.0736. The number of carbonyl (C=O) groups is 1. The van der Waals surface area contributed by atoms with Crippen molar-refractivity contribution < 1.29 is 9.21 Å². The van der Waals surface area contributed by atoms with Crippen molar-refractivity contribution in [2.24, 2.45) is 0 Å². The molecule has 5 nitrogen and oxygen atoms in total. The van der Waals surface area contributed by atoms with Crippen LogP contribution in [0.2, 0.25) is 0 Å². The van der Waals surface area contributed by atoms with E-state index in [1.54, 1.807) is 9.58 Å². The molecule has 0 bridgehead atoms. The first kappa shape index (κ1) is 18.8. The normalized spacial score (nSPS) is 15.6. The lowest BCUT2D eigenvalue weighted by Crippen LogP contribution is -2.27. The smallest absolute Gasteiger partial charge is 0.266 e. The standard InChI is InChI=1S/C23H17N3O2S2/c1-2-25-22(27)20(30-23(25)29)13-16-14-26(17-9-4-3-5-10-17)24-21(16)19-12-15-8-6-7-11-18(15)28-19/h3-14H,2H2,1H3/b20-13-. The Balaban J connectivity index is 1.65. The van der Waals surface area contributed by atoms with E-state index >= 15 is 0 Å². The summed E-state index contributed by atoms with van der Waals surface area (Å²) in [6, 6.07) is 19.7. The highest BCUT2D eigenvalue weighted by Gasteiger charge is 2.31. The molecule has 0 radical (unpaired) electrons. The second-order valence-corrected chi connectivity index (χ2v) is 8.46. The summed E-state index contributed by atoms with van der Waals surface area (Å²) in [5.74, 6) is 0.582. The van der Waals surface area contributed by atoms with E-state index in [1.165, 1.54) is 11.8 Å². The number of carbonyl (C=O) groups excluding carboxylic acids is 1. The van der Waals surface area contributed by atoms with Crippen molar-refractivity contribution in [1.82, 2.24) is 14.7 Å². The third-order valence-corrected chi connectivity index (χ3v) is 6.28. The van der Waals surface area contributed by atoms with Gasteiger partial charge in [0.1, 0.15) is 15.6 Å². The van der Waals surface area contributed by atoms with E-state index in [0.717, 1.165) is 22.2 Å². The fourth-order valence-corrected chi connectivity index (χ4v) is 4.78. The number of nitrogens with zero attached hydrogens (tertiary/aromatic N) is 3. The molecule has 0 saturated carbocycles. The van der Waals surface area contributed by atoms with E-state index < -0.39 is 0 Å². The fraction of sp³-hybridized carbons (Fsp3) is 0.0870. The highest BCUT2D eigenvalue weighted by molar-refractivity contribution is 8.26. The van der Waals surface area contributed by atoms with Crippen LogP contribution in [0, 0.1) is 0 Å². The van der Waals surface area contributed by atoms with Gasteiger partial charge in [0.15, 0.2) is 5.76 Å². The number of hydrogen-bond acceptors (Lipinski definition) is 5. The van der Waals surface area contributed by atoms with Crippen molar-refractivity contribution in [2.75, 3.05) is 6.54 Å². The van der Waals surface area contributed by atoms with Crippen molar-refractivity contribution in [1.29, 1.82) is 0 Å². The summed E-state index contributed by atoms with van der Waals surface area (Å²) >= 11 is 6.67. The number of rotatable bonds is 4. The Labute approximate surface area is 183 Å². The van der Waals surface area contributed by atoms with Crippen LogP contribution in [0.1, 0.15) is 12.5 Å². The summed E-state index contributed by atoms with van der Waals surface area (Å²) in [6.45, 7) is 2.47. The van der Waals surface area contributed by atoms with E-state index in [9.17, 15) is 4.79 Å². The van der Waals surface area contributed by atoms with E-state index in [1.807, 2.05) is 79.9 Å². The van der Waals surface area contributed by atoms with Gasteiger partial charge in [0, 0.05) is 23.7 Å². The Morgan fingerprint density at radius 1 is 1.13 bits per heavy atom. The highest BCUT2D eigenvalue weighted by Crippen LogP contribution is 2.36. The van der Waals surface area contributed by atoms with Crippen molar-refractivity contribution in [3.8, 4) is 17.1 Å². The average Bonchev–Trinajstić information content (AvgIpc) is 3.44. The fourth-order valence-electron chi connectivity index (χ4n) is 3.41. The molecule has 0 unspecified atom stereocenters. The maximum absolute atomic E-state index is 12.7. The molecule has 148 valence electrons. The molecule has 1 aliphatic heterocycles. The number of fused-ring (bicyclic) bond motifs is 1. The number of thiocarbonyl (C=S) groups is 1. The molecule has 0 N–H and O–H groups in total. The molecule has 0 atom stereocenters. The molecular weight excluding hydrogens is 414 g/mol. The summed E-state index contributed by atoms with van der Waals surface area (Å²) < 4.78 is 8.44. The molecule has 0 spiro atoms. The van der Waals surface area contributed by atoms with Gasteiger partial charge in [0.05, 0.1) is 10.6 Å². The molecule has 1 aliphatic rings. The van der Waals surface area contributed by atoms with Crippen LogP contribution in [0.5, 0.6) is 0 Å². The summed E-state index contributed by atoms with van der Waals surface area (Å²) in [5, 5.41) is 5.79. The zero-order valence-electron chi connectivity index (χ0n) is 16.1. The van der Waals surface area contributed by atoms with Crippen LogP contribution in [0.3, 0.4) is 0 Å².